The highest BCUT2D eigenvalue weighted by Gasteiger charge is 2.44. The maximum Gasteiger partial charge on any atom is 0.323 e. The third-order valence-corrected chi connectivity index (χ3v) is 4.47. The van der Waals surface area contributed by atoms with Crippen LogP contribution >= 0.6 is 0 Å². The van der Waals surface area contributed by atoms with Gasteiger partial charge < -0.3 is 4.74 Å². The summed E-state index contributed by atoms with van der Waals surface area (Å²) < 4.78 is 5.05. The van der Waals surface area contributed by atoms with Gasteiger partial charge in [0.05, 0.1) is 6.61 Å². The van der Waals surface area contributed by atoms with Crippen molar-refractivity contribution < 1.29 is 14.3 Å². The molecule has 0 aromatic heterocycles. The molecule has 1 saturated carbocycles. The molecule has 1 aliphatic carbocycles. The van der Waals surface area contributed by atoms with Gasteiger partial charge in [0, 0.05) is 24.8 Å². The van der Waals surface area contributed by atoms with Crippen LogP contribution in [-0.2, 0) is 14.3 Å². The van der Waals surface area contributed by atoms with Crippen molar-refractivity contribution in [3.63, 3.8) is 0 Å². The van der Waals surface area contributed by atoms with Gasteiger partial charge in [-0.3, -0.25) is 14.5 Å². The number of cyclic esters (lactones) is 1. The van der Waals surface area contributed by atoms with Crippen molar-refractivity contribution in [3.05, 3.63) is 0 Å². The Labute approximate surface area is 101 Å². The molecular formula is C13H19NO3. The number of Topliss-reactive ketones (excluding diaryl/α,β-unsaturated/α-hetero) is 1. The van der Waals surface area contributed by atoms with Crippen LogP contribution in [0.2, 0.25) is 0 Å². The van der Waals surface area contributed by atoms with E-state index in [4.69, 9.17) is 4.74 Å². The lowest BCUT2D eigenvalue weighted by Gasteiger charge is -2.31. The van der Waals surface area contributed by atoms with Crippen LogP contribution in [0.5, 0.6) is 0 Å². The van der Waals surface area contributed by atoms with Crippen molar-refractivity contribution in [2.45, 2.75) is 50.6 Å². The minimum atomic E-state index is -0.0812. The van der Waals surface area contributed by atoms with E-state index in [0.717, 1.165) is 45.1 Å². The van der Waals surface area contributed by atoms with Crippen molar-refractivity contribution in [1.29, 1.82) is 0 Å². The molecule has 3 fully saturated rings. The Morgan fingerprint density at radius 1 is 1.12 bits per heavy atom. The molecule has 2 saturated heterocycles. The number of rotatable bonds is 2. The van der Waals surface area contributed by atoms with Crippen molar-refractivity contribution in [2.24, 2.45) is 5.92 Å². The molecule has 0 radical (unpaired) electrons. The lowest BCUT2D eigenvalue weighted by Crippen LogP contribution is -2.45. The maximum atomic E-state index is 11.9. The molecule has 3 rings (SSSR count). The molecule has 2 heterocycles. The average Bonchev–Trinajstić information content (AvgIpc) is 2.97. The Bertz CT molecular complexity index is 310. The van der Waals surface area contributed by atoms with E-state index in [9.17, 15) is 9.59 Å². The van der Waals surface area contributed by atoms with Crippen LogP contribution in [0.4, 0.5) is 0 Å². The fourth-order valence-electron chi connectivity index (χ4n) is 3.67. The summed E-state index contributed by atoms with van der Waals surface area (Å²) >= 11 is 0. The molecule has 0 aromatic rings. The topological polar surface area (TPSA) is 46.6 Å². The molecule has 2 aliphatic heterocycles. The Morgan fingerprint density at radius 3 is 2.65 bits per heavy atom. The van der Waals surface area contributed by atoms with Gasteiger partial charge in [0.25, 0.3) is 0 Å². The Kier molecular flexibility index (Phi) is 2.90. The van der Waals surface area contributed by atoms with E-state index in [-0.39, 0.29) is 17.9 Å². The van der Waals surface area contributed by atoms with Crippen LogP contribution < -0.4 is 0 Å². The third-order valence-electron chi connectivity index (χ3n) is 4.47. The molecule has 4 heteroatoms. The fourth-order valence-corrected chi connectivity index (χ4v) is 3.67. The zero-order valence-corrected chi connectivity index (χ0v) is 10.1. The fraction of sp³-hybridized carbons (Fsp3) is 0.846. The number of hydrogen-bond acceptors (Lipinski definition) is 4. The van der Waals surface area contributed by atoms with Crippen LogP contribution in [0.15, 0.2) is 0 Å². The van der Waals surface area contributed by atoms with Crippen molar-refractivity contribution in [1.82, 2.24) is 4.90 Å². The van der Waals surface area contributed by atoms with E-state index in [0.29, 0.717) is 18.4 Å². The van der Waals surface area contributed by atoms with Crippen molar-refractivity contribution in [2.75, 3.05) is 13.2 Å². The quantitative estimate of drug-likeness (QED) is 0.676. The summed E-state index contributed by atoms with van der Waals surface area (Å²) in [6.07, 6.45) is 5.77. The SMILES string of the molecule is O=C1CCCC1C1CCCN1C1CCOC1=O. The van der Waals surface area contributed by atoms with Gasteiger partial charge in [0.15, 0.2) is 0 Å². The summed E-state index contributed by atoms with van der Waals surface area (Å²) in [7, 11) is 0. The number of ketones is 1. The molecule has 3 aliphatic rings. The Morgan fingerprint density at radius 2 is 2.00 bits per heavy atom. The molecule has 0 N–H and O–H groups in total. The highest BCUT2D eigenvalue weighted by atomic mass is 16.5. The number of nitrogens with zero attached hydrogens (tertiary/aromatic N) is 1. The van der Waals surface area contributed by atoms with Crippen LogP contribution in [0, 0.1) is 5.92 Å². The van der Waals surface area contributed by atoms with Gasteiger partial charge >= 0.3 is 5.97 Å². The number of esters is 1. The van der Waals surface area contributed by atoms with Crippen LogP contribution in [0.3, 0.4) is 0 Å². The maximum absolute atomic E-state index is 11.9. The lowest BCUT2D eigenvalue weighted by atomic mass is 9.94. The van der Waals surface area contributed by atoms with Gasteiger partial charge in [0.1, 0.15) is 11.8 Å². The number of likely N-dealkylation sites (tertiary alicyclic amines) is 1. The largest absolute Gasteiger partial charge is 0.464 e. The second-order valence-electron chi connectivity index (χ2n) is 5.38. The minimum Gasteiger partial charge on any atom is -0.464 e. The van der Waals surface area contributed by atoms with Gasteiger partial charge in [0.2, 0.25) is 0 Å². The standard InChI is InChI=1S/C13H19NO3/c15-12-5-1-3-9(12)10-4-2-7-14(10)11-6-8-17-13(11)16/h9-11H,1-8H2. The number of carbonyl (C=O) groups is 2. The third kappa shape index (κ3) is 1.88. The summed E-state index contributed by atoms with van der Waals surface area (Å²) in [5.41, 5.74) is 0. The summed E-state index contributed by atoms with van der Waals surface area (Å²) in [6, 6.07) is 0.233. The summed E-state index contributed by atoms with van der Waals surface area (Å²) in [6.45, 7) is 1.50. The lowest BCUT2D eigenvalue weighted by molar-refractivity contribution is -0.143. The molecule has 3 unspecified atom stereocenters. The Hall–Kier alpha value is -0.900. The van der Waals surface area contributed by atoms with E-state index in [1.165, 1.54) is 0 Å². The van der Waals surface area contributed by atoms with Crippen LogP contribution in [-0.4, -0.2) is 41.9 Å². The van der Waals surface area contributed by atoms with E-state index < -0.39 is 0 Å². The van der Waals surface area contributed by atoms with E-state index in [1.54, 1.807) is 0 Å². The zero-order chi connectivity index (χ0) is 11.8. The van der Waals surface area contributed by atoms with E-state index in [1.807, 2.05) is 0 Å². The zero-order valence-electron chi connectivity index (χ0n) is 10.1. The number of hydrogen-bond donors (Lipinski definition) is 0. The predicted molar refractivity (Wildman–Crippen MR) is 61.4 cm³/mol. The van der Waals surface area contributed by atoms with Gasteiger partial charge in [-0.25, -0.2) is 0 Å². The monoisotopic (exact) mass is 237 g/mol. The first-order valence-corrected chi connectivity index (χ1v) is 6.72. The first-order valence-electron chi connectivity index (χ1n) is 6.72. The average molecular weight is 237 g/mol. The smallest absolute Gasteiger partial charge is 0.323 e. The first kappa shape index (κ1) is 11.2. The highest BCUT2D eigenvalue weighted by Crippen LogP contribution is 2.35. The second kappa shape index (κ2) is 4.41. The minimum absolute atomic E-state index is 0.0732. The summed E-state index contributed by atoms with van der Waals surface area (Å²) in [4.78, 5) is 25.8. The van der Waals surface area contributed by atoms with Gasteiger partial charge in [-0.2, -0.15) is 0 Å². The number of ether oxygens (including phenoxy) is 1. The van der Waals surface area contributed by atoms with Crippen LogP contribution in [0.25, 0.3) is 0 Å². The number of carbonyl (C=O) groups excluding carboxylic acids is 2. The normalized spacial score (nSPS) is 38.9. The van der Waals surface area contributed by atoms with E-state index in [2.05, 4.69) is 4.90 Å². The molecule has 94 valence electrons. The summed E-state index contributed by atoms with van der Waals surface area (Å²) in [5.74, 6) is 0.515. The Balaban J connectivity index is 1.75. The second-order valence-corrected chi connectivity index (χ2v) is 5.38. The molecule has 17 heavy (non-hydrogen) atoms. The van der Waals surface area contributed by atoms with Gasteiger partial charge in [-0.15, -0.1) is 0 Å². The molecule has 0 bridgehead atoms. The highest BCUT2D eigenvalue weighted by molar-refractivity contribution is 5.84. The van der Waals surface area contributed by atoms with Gasteiger partial charge in [-0.05, 0) is 32.2 Å². The van der Waals surface area contributed by atoms with Crippen molar-refractivity contribution in [3.8, 4) is 0 Å². The predicted octanol–water partition coefficient (Wildman–Crippen LogP) is 1.14. The van der Waals surface area contributed by atoms with Gasteiger partial charge in [-0.1, -0.05) is 0 Å². The summed E-state index contributed by atoms with van der Waals surface area (Å²) in [5, 5.41) is 0. The molecule has 0 aromatic carbocycles. The molecule has 3 atom stereocenters. The molecule has 0 spiro atoms. The molecular weight excluding hydrogens is 218 g/mol. The first-order chi connectivity index (χ1) is 8.27. The molecule has 0 amide bonds. The van der Waals surface area contributed by atoms with Crippen molar-refractivity contribution >= 4 is 11.8 Å². The van der Waals surface area contributed by atoms with E-state index >= 15 is 0 Å². The molecule has 4 nitrogen and oxygen atoms in total. The van der Waals surface area contributed by atoms with Crippen LogP contribution in [0.1, 0.15) is 38.5 Å².